The van der Waals surface area contributed by atoms with Crippen molar-refractivity contribution in [2.24, 2.45) is 17.6 Å². The van der Waals surface area contributed by atoms with Crippen molar-refractivity contribution in [2.75, 3.05) is 13.1 Å². The van der Waals surface area contributed by atoms with E-state index in [0.29, 0.717) is 19.0 Å². The summed E-state index contributed by atoms with van der Waals surface area (Å²) in [6.07, 6.45) is 3.02. The Morgan fingerprint density at radius 2 is 2.05 bits per heavy atom. The van der Waals surface area contributed by atoms with Gasteiger partial charge < -0.3 is 5.73 Å². The maximum absolute atomic E-state index is 13.9. The van der Waals surface area contributed by atoms with E-state index >= 15 is 0 Å². The van der Waals surface area contributed by atoms with Crippen LogP contribution in [0.15, 0.2) is 23.1 Å². The van der Waals surface area contributed by atoms with Crippen LogP contribution in [0.1, 0.15) is 24.8 Å². The Kier molecular flexibility index (Phi) is 3.80. The fourth-order valence-electron chi connectivity index (χ4n) is 3.62. The van der Waals surface area contributed by atoms with E-state index in [1.54, 1.807) is 13.0 Å². The van der Waals surface area contributed by atoms with Gasteiger partial charge in [-0.05, 0) is 49.3 Å². The van der Waals surface area contributed by atoms with E-state index < -0.39 is 15.8 Å². The molecule has 0 radical (unpaired) electrons. The van der Waals surface area contributed by atoms with E-state index in [4.69, 9.17) is 5.73 Å². The third kappa shape index (κ3) is 2.60. The summed E-state index contributed by atoms with van der Waals surface area (Å²) in [5.74, 6) is -0.155. The fraction of sp³-hybridized carbons (Fsp3) is 0.600. The first-order valence-corrected chi connectivity index (χ1v) is 8.85. The van der Waals surface area contributed by atoms with Gasteiger partial charge in [0, 0.05) is 19.1 Å². The van der Waals surface area contributed by atoms with E-state index in [9.17, 15) is 12.8 Å². The van der Waals surface area contributed by atoms with Gasteiger partial charge in [-0.2, -0.15) is 4.31 Å². The molecule has 1 aromatic rings. The van der Waals surface area contributed by atoms with Crippen LogP contribution in [0, 0.1) is 24.6 Å². The minimum absolute atomic E-state index is 0.0614. The topological polar surface area (TPSA) is 63.4 Å². The number of hydrogen-bond acceptors (Lipinski definition) is 3. The Hall–Kier alpha value is -0.980. The third-order valence-corrected chi connectivity index (χ3v) is 6.67. The monoisotopic (exact) mass is 312 g/mol. The highest BCUT2D eigenvalue weighted by atomic mass is 32.2. The molecule has 2 aliphatic rings. The molecule has 0 bridgehead atoms. The highest BCUT2D eigenvalue weighted by Crippen LogP contribution is 2.38. The molecule has 0 aromatic heterocycles. The number of nitrogens with two attached hydrogens (primary N) is 1. The smallest absolute Gasteiger partial charge is 0.246 e. The summed E-state index contributed by atoms with van der Waals surface area (Å²) in [6, 6.07) is 4.27. The molecule has 1 heterocycles. The average Bonchev–Trinajstić information content (AvgIpc) is 2.88. The van der Waals surface area contributed by atoms with Gasteiger partial charge in [0.2, 0.25) is 10.0 Å². The summed E-state index contributed by atoms with van der Waals surface area (Å²) in [5.41, 5.74) is 6.86. The van der Waals surface area contributed by atoms with Gasteiger partial charge in [0.05, 0.1) is 0 Å². The van der Waals surface area contributed by atoms with Gasteiger partial charge in [0.25, 0.3) is 0 Å². The van der Waals surface area contributed by atoms with Gasteiger partial charge in [-0.25, -0.2) is 12.8 Å². The number of rotatable bonds is 2. The molecule has 6 heteroatoms. The number of halogens is 1. The van der Waals surface area contributed by atoms with E-state index in [2.05, 4.69) is 0 Å². The molecule has 1 aliphatic carbocycles. The zero-order valence-electron chi connectivity index (χ0n) is 12.1. The zero-order chi connectivity index (χ0) is 15.2. The number of nitrogens with zero attached hydrogens (tertiary/aromatic N) is 1. The Balaban J connectivity index is 1.91. The quantitative estimate of drug-likeness (QED) is 0.907. The number of benzene rings is 1. The number of aryl methyl sites for hydroxylation is 1. The Labute approximate surface area is 125 Å². The van der Waals surface area contributed by atoms with Crippen molar-refractivity contribution in [3.63, 3.8) is 0 Å². The van der Waals surface area contributed by atoms with Crippen LogP contribution >= 0.6 is 0 Å². The van der Waals surface area contributed by atoms with Crippen LogP contribution in [0.3, 0.4) is 0 Å². The van der Waals surface area contributed by atoms with Crippen molar-refractivity contribution in [3.8, 4) is 0 Å². The van der Waals surface area contributed by atoms with Gasteiger partial charge in [0.15, 0.2) is 0 Å². The van der Waals surface area contributed by atoms with Crippen molar-refractivity contribution in [3.05, 3.63) is 29.6 Å². The molecule has 1 saturated heterocycles. The largest absolute Gasteiger partial charge is 0.327 e. The minimum atomic E-state index is -3.77. The molecule has 2 fully saturated rings. The van der Waals surface area contributed by atoms with E-state index in [-0.39, 0.29) is 16.9 Å². The summed E-state index contributed by atoms with van der Waals surface area (Å²) in [7, 11) is -3.77. The van der Waals surface area contributed by atoms with Crippen molar-refractivity contribution in [2.45, 2.75) is 37.1 Å². The van der Waals surface area contributed by atoms with Crippen LogP contribution in [-0.4, -0.2) is 31.9 Å². The van der Waals surface area contributed by atoms with E-state index in [1.807, 2.05) is 0 Å². The first-order chi connectivity index (χ1) is 9.89. The van der Waals surface area contributed by atoms with Gasteiger partial charge in [0.1, 0.15) is 10.7 Å². The molecule has 2 N–H and O–H groups in total. The number of fused-ring (bicyclic) bond motifs is 1. The lowest BCUT2D eigenvalue weighted by Crippen LogP contribution is -2.38. The van der Waals surface area contributed by atoms with Gasteiger partial charge >= 0.3 is 0 Å². The second-order valence-corrected chi connectivity index (χ2v) is 8.18. The normalized spacial score (nSPS) is 30.3. The second-order valence-electron chi connectivity index (χ2n) is 6.27. The second kappa shape index (κ2) is 5.34. The Bertz CT molecular complexity index is 647. The molecule has 0 amide bonds. The predicted molar refractivity (Wildman–Crippen MR) is 78.7 cm³/mol. The lowest BCUT2D eigenvalue weighted by atomic mass is 9.78. The molecule has 1 aromatic carbocycles. The van der Waals surface area contributed by atoms with Crippen LogP contribution in [0.25, 0.3) is 0 Å². The van der Waals surface area contributed by atoms with Crippen molar-refractivity contribution in [1.29, 1.82) is 0 Å². The molecule has 3 rings (SSSR count). The van der Waals surface area contributed by atoms with Gasteiger partial charge in [-0.15, -0.1) is 0 Å². The maximum atomic E-state index is 13.9. The van der Waals surface area contributed by atoms with Crippen LogP contribution in [0.4, 0.5) is 4.39 Å². The molecule has 4 nitrogen and oxygen atoms in total. The van der Waals surface area contributed by atoms with E-state index in [1.165, 1.54) is 16.4 Å². The van der Waals surface area contributed by atoms with Crippen LogP contribution in [0.5, 0.6) is 0 Å². The van der Waals surface area contributed by atoms with Crippen molar-refractivity contribution >= 4 is 10.0 Å². The van der Waals surface area contributed by atoms with Crippen molar-refractivity contribution in [1.82, 2.24) is 4.31 Å². The standard InChI is InChI=1S/C15H21FN2O2S/c1-10-5-6-13(16)15(7-10)21(19,20)18-8-11-3-2-4-14(17)12(11)9-18/h5-7,11-12,14H,2-4,8-9,17H2,1H3. The summed E-state index contributed by atoms with van der Waals surface area (Å²) >= 11 is 0. The molecular formula is C15H21FN2O2S. The number of sulfonamides is 1. The molecule has 3 unspecified atom stereocenters. The number of hydrogen-bond donors (Lipinski definition) is 1. The van der Waals surface area contributed by atoms with Gasteiger partial charge in [-0.3, -0.25) is 0 Å². The molecule has 3 atom stereocenters. The first kappa shape index (κ1) is 14.9. The molecular weight excluding hydrogens is 291 g/mol. The van der Waals surface area contributed by atoms with Gasteiger partial charge in [-0.1, -0.05) is 12.5 Å². The highest BCUT2D eigenvalue weighted by Gasteiger charge is 2.43. The van der Waals surface area contributed by atoms with Crippen LogP contribution in [-0.2, 0) is 10.0 Å². The molecule has 116 valence electrons. The Morgan fingerprint density at radius 3 is 2.76 bits per heavy atom. The highest BCUT2D eigenvalue weighted by molar-refractivity contribution is 7.89. The summed E-state index contributed by atoms with van der Waals surface area (Å²) in [5, 5.41) is 0. The van der Waals surface area contributed by atoms with Crippen molar-refractivity contribution < 1.29 is 12.8 Å². The third-order valence-electron chi connectivity index (χ3n) is 4.82. The molecule has 0 spiro atoms. The zero-order valence-corrected chi connectivity index (χ0v) is 12.9. The fourth-order valence-corrected chi connectivity index (χ4v) is 5.30. The average molecular weight is 312 g/mol. The summed E-state index contributed by atoms with van der Waals surface area (Å²) in [6.45, 7) is 2.65. The lowest BCUT2D eigenvalue weighted by Gasteiger charge is -2.29. The minimum Gasteiger partial charge on any atom is -0.327 e. The Morgan fingerprint density at radius 1 is 1.29 bits per heavy atom. The molecule has 1 aliphatic heterocycles. The predicted octanol–water partition coefficient (Wildman–Crippen LogP) is 1.88. The molecule has 21 heavy (non-hydrogen) atoms. The van der Waals surface area contributed by atoms with E-state index in [0.717, 1.165) is 24.8 Å². The van der Waals surface area contributed by atoms with Crippen LogP contribution in [0.2, 0.25) is 0 Å². The lowest BCUT2D eigenvalue weighted by molar-refractivity contribution is 0.260. The first-order valence-electron chi connectivity index (χ1n) is 7.41. The SMILES string of the molecule is Cc1ccc(F)c(S(=O)(=O)N2CC3CCCC(N)C3C2)c1. The maximum Gasteiger partial charge on any atom is 0.246 e. The van der Waals surface area contributed by atoms with Crippen LogP contribution < -0.4 is 5.73 Å². The molecule has 1 saturated carbocycles. The summed E-state index contributed by atoms with van der Waals surface area (Å²) in [4.78, 5) is -0.213. The summed E-state index contributed by atoms with van der Waals surface area (Å²) < 4.78 is 40.8.